The van der Waals surface area contributed by atoms with E-state index >= 15 is 0 Å². The normalized spacial score (nSPS) is 26.4. The minimum Gasteiger partial charge on any atom is -0.370 e. The van der Waals surface area contributed by atoms with Crippen LogP contribution in [0, 0.1) is 23.6 Å². The van der Waals surface area contributed by atoms with E-state index in [9.17, 15) is 18.8 Å². The summed E-state index contributed by atoms with van der Waals surface area (Å²) in [4.78, 5) is 35.6. The van der Waals surface area contributed by atoms with Crippen molar-refractivity contribution in [1.82, 2.24) is 5.32 Å². The summed E-state index contributed by atoms with van der Waals surface area (Å²) in [5.41, 5.74) is 11.5. The molecule has 0 aliphatic heterocycles. The standard InChI is InChI=1S/C20H27FN4O3/c21-15-5-4-13(19(27)24-7-6-17(22)26)10-16(15)25-20(28)14-8-11-2-1-3-12(9-14)18(11)23/h4-5,10-12,14,18H,1-3,6-9,23H2,(H2,22,26)(H,24,27)(H,25,28). The van der Waals surface area contributed by atoms with Crippen LogP contribution in [-0.4, -0.2) is 30.3 Å². The molecule has 0 aromatic heterocycles. The minimum atomic E-state index is -0.602. The van der Waals surface area contributed by atoms with Gasteiger partial charge in [-0.15, -0.1) is 0 Å². The maximum Gasteiger partial charge on any atom is 0.251 e. The molecule has 7 nitrogen and oxygen atoms in total. The van der Waals surface area contributed by atoms with Crippen LogP contribution in [-0.2, 0) is 9.59 Å². The number of hydrogen-bond acceptors (Lipinski definition) is 4. The molecule has 152 valence electrons. The molecule has 0 heterocycles. The number of hydrogen-bond donors (Lipinski definition) is 4. The number of nitrogens with two attached hydrogens (primary N) is 2. The lowest BCUT2D eigenvalue weighted by atomic mass is 9.65. The highest BCUT2D eigenvalue weighted by Crippen LogP contribution is 2.42. The molecule has 3 amide bonds. The summed E-state index contributed by atoms with van der Waals surface area (Å²) in [6.45, 7) is 0.0956. The molecule has 2 fully saturated rings. The summed E-state index contributed by atoms with van der Waals surface area (Å²) in [6, 6.07) is 3.93. The average molecular weight is 390 g/mol. The van der Waals surface area contributed by atoms with Crippen LogP contribution in [0.2, 0.25) is 0 Å². The van der Waals surface area contributed by atoms with E-state index in [4.69, 9.17) is 11.5 Å². The van der Waals surface area contributed by atoms with Gasteiger partial charge in [0, 0.05) is 30.5 Å². The molecule has 0 radical (unpaired) electrons. The summed E-state index contributed by atoms with van der Waals surface area (Å²) in [6.07, 6.45) is 4.69. The number of amides is 3. The molecule has 28 heavy (non-hydrogen) atoms. The summed E-state index contributed by atoms with van der Waals surface area (Å²) in [5.74, 6) is -1.32. The topological polar surface area (TPSA) is 127 Å². The number of carbonyl (C=O) groups excluding carboxylic acids is 3. The lowest BCUT2D eigenvalue weighted by molar-refractivity contribution is -0.122. The smallest absolute Gasteiger partial charge is 0.251 e. The van der Waals surface area contributed by atoms with E-state index in [1.54, 1.807) is 0 Å². The molecule has 6 N–H and O–H groups in total. The maximum atomic E-state index is 14.2. The summed E-state index contributed by atoms with van der Waals surface area (Å²) in [5, 5.41) is 5.18. The molecule has 3 rings (SSSR count). The Morgan fingerprint density at radius 3 is 2.46 bits per heavy atom. The number of carbonyl (C=O) groups is 3. The number of benzene rings is 1. The third kappa shape index (κ3) is 4.67. The SMILES string of the molecule is NC(=O)CCNC(=O)c1ccc(F)c(NC(=O)C2CC3CCCC(C2)C3N)c1. The first-order valence-electron chi connectivity index (χ1n) is 9.77. The first-order valence-corrected chi connectivity index (χ1v) is 9.77. The summed E-state index contributed by atoms with van der Waals surface area (Å²) >= 11 is 0. The highest BCUT2D eigenvalue weighted by Gasteiger charge is 2.40. The lowest BCUT2D eigenvalue weighted by Crippen LogP contribution is -2.48. The van der Waals surface area contributed by atoms with E-state index in [0.29, 0.717) is 11.8 Å². The molecule has 0 spiro atoms. The van der Waals surface area contributed by atoms with Gasteiger partial charge in [-0.3, -0.25) is 14.4 Å². The molecule has 1 aromatic rings. The van der Waals surface area contributed by atoms with E-state index in [-0.39, 0.29) is 42.1 Å². The molecule has 2 atom stereocenters. The van der Waals surface area contributed by atoms with Gasteiger partial charge in [-0.05, 0) is 55.7 Å². The van der Waals surface area contributed by atoms with Crippen molar-refractivity contribution in [3.63, 3.8) is 0 Å². The Morgan fingerprint density at radius 1 is 1.14 bits per heavy atom. The quantitative estimate of drug-likeness (QED) is 0.587. The van der Waals surface area contributed by atoms with Crippen LogP contribution in [0.15, 0.2) is 18.2 Å². The van der Waals surface area contributed by atoms with E-state index in [1.807, 2.05) is 0 Å². The zero-order valence-electron chi connectivity index (χ0n) is 15.7. The van der Waals surface area contributed by atoms with Crippen molar-refractivity contribution in [2.75, 3.05) is 11.9 Å². The molecule has 2 aliphatic rings. The Hall–Kier alpha value is -2.48. The molecule has 8 heteroatoms. The highest BCUT2D eigenvalue weighted by molar-refractivity contribution is 5.98. The number of rotatable bonds is 6. The zero-order chi connectivity index (χ0) is 20.3. The van der Waals surface area contributed by atoms with Crippen molar-refractivity contribution in [1.29, 1.82) is 0 Å². The zero-order valence-corrected chi connectivity index (χ0v) is 15.7. The first-order chi connectivity index (χ1) is 13.3. The van der Waals surface area contributed by atoms with Crippen LogP contribution in [0.25, 0.3) is 0 Å². The van der Waals surface area contributed by atoms with Crippen molar-refractivity contribution in [3.05, 3.63) is 29.6 Å². The Kier molecular flexibility index (Phi) is 6.28. The fourth-order valence-corrected chi connectivity index (χ4v) is 4.40. The van der Waals surface area contributed by atoms with Gasteiger partial charge < -0.3 is 22.1 Å². The van der Waals surface area contributed by atoms with Crippen molar-refractivity contribution in [2.45, 2.75) is 44.6 Å². The van der Waals surface area contributed by atoms with Gasteiger partial charge in [-0.2, -0.15) is 0 Å². The minimum absolute atomic E-state index is 0.0165. The van der Waals surface area contributed by atoms with Crippen LogP contribution < -0.4 is 22.1 Å². The van der Waals surface area contributed by atoms with Gasteiger partial charge in [0.1, 0.15) is 5.82 Å². The lowest BCUT2D eigenvalue weighted by Gasteiger charge is -2.43. The largest absolute Gasteiger partial charge is 0.370 e. The second-order valence-corrected chi connectivity index (χ2v) is 7.85. The van der Waals surface area contributed by atoms with E-state index in [1.165, 1.54) is 12.1 Å². The molecular formula is C20H27FN4O3. The van der Waals surface area contributed by atoms with Crippen LogP contribution in [0.5, 0.6) is 0 Å². The van der Waals surface area contributed by atoms with Crippen LogP contribution in [0.3, 0.4) is 0 Å². The van der Waals surface area contributed by atoms with E-state index < -0.39 is 17.6 Å². The Bertz CT molecular complexity index is 756. The molecule has 1 aromatic carbocycles. The second kappa shape index (κ2) is 8.68. The van der Waals surface area contributed by atoms with Crippen molar-refractivity contribution >= 4 is 23.4 Å². The fourth-order valence-electron chi connectivity index (χ4n) is 4.40. The molecule has 0 saturated heterocycles. The van der Waals surface area contributed by atoms with Gasteiger partial charge in [0.15, 0.2) is 0 Å². The summed E-state index contributed by atoms with van der Waals surface area (Å²) in [7, 11) is 0. The number of nitrogens with one attached hydrogen (secondary N) is 2. The summed E-state index contributed by atoms with van der Waals surface area (Å²) < 4.78 is 14.2. The van der Waals surface area contributed by atoms with Crippen LogP contribution >= 0.6 is 0 Å². The van der Waals surface area contributed by atoms with Crippen molar-refractivity contribution in [3.8, 4) is 0 Å². The highest BCUT2D eigenvalue weighted by atomic mass is 19.1. The molecule has 2 unspecified atom stereocenters. The molecule has 2 saturated carbocycles. The number of halogens is 1. The fraction of sp³-hybridized carbons (Fsp3) is 0.550. The van der Waals surface area contributed by atoms with Gasteiger partial charge in [0.25, 0.3) is 5.91 Å². The monoisotopic (exact) mass is 390 g/mol. The van der Waals surface area contributed by atoms with Crippen LogP contribution in [0.4, 0.5) is 10.1 Å². The van der Waals surface area contributed by atoms with Crippen molar-refractivity contribution < 1.29 is 18.8 Å². The Labute approximate surface area is 163 Å². The number of fused-ring (bicyclic) bond motifs is 2. The third-order valence-electron chi connectivity index (χ3n) is 5.93. The molecular weight excluding hydrogens is 363 g/mol. The molecule has 2 aliphatic carbocycles. The van der Waals surface area contributed by atoms with E-state index in [2.05, 4.69) is 10.6 Å². The Balaban J connectivity index is 1.64. The number of primary amides is 1. The van der Waals surface area contributed by atoms with Crippen molar-refractivity contribution in [2.24, 2.45) is 29.2 Å². The van der Waals surface area contributed by atoms with Gasteiger partial charge in [0.2, 0.25) is 11.8 Å². The van der Waals surface area contributed by atoms with Gasteiger partial charge in [-0.1, -0.05) is 6.42 Å². The average Bonchev–Trinajstić information content (AvgIpc) is 2.62. The van der Waals surface area contributed by atoms with Gasteiger partial charge >= 0.3 is 0 Å². The van der Waals surface area contributed by atoms with Gasteiger partial charge in [0.05, 0.1) is 5.69 Å². The predicted molar refractivity (Wildman–Crippen MR) is 103 cm³/mol. The van der Waals surface area contributed by atoms with Crippen LogP contribution in [0.1, 0.15) is 48.9 Å². The van der Waals surface area contributed by atoms with E-state index in [0.717, 1.165) is 38.2 Å². The first kappa shape index (κ1) is 20.3. The maximum absolute atomic E-state index is 14.2. The third-order valence-corrected chi connectivity index (χ3v) is 5.93. The Morgan fingerprint density at radius 2 is 1.82 bits per heavy atom. The molecule has 2 bridgehead atoms. The second-order valence-electron chi connectivity index (χ2n) is 7.85. The van der Waals surface area contributed by atoms with Gasteiger partial charge in [-0.25, -0.2) is 4.39 Å². The predicted octanol–water partition coefficient (Wildman–Crippen LogP) is 1.52. The number of anilines is 1.